The van der Waals surface area contributed by atoms with E-state index in [4.69, 9.17) is 27.8 Å². The third-order valence-electron chi connectivity index (χ3n) is 7.34. The molecule has 0 radical (unpaired) electrons. The molecule has 1 atom stereocenters. The van der Waals surface area contributed by atoms with Crippen molar-refractivity contribution < 1.29 is 19.1 Å². The number of amides is 3. The highest BCUT2D eigenvalue weighted by Gasteiger charge is 2.20. The summed E-state index contributed by atoms with van der Waals surface area (Å²) in [6, 6.07) is 14.9. The molecule has 3 rings (SSSR count). The van der Waals surface area contributed by atoms with Gasteiger partial charge in [-0.25, -0.2) is 14.8 Å². The van der Waals surface area contributed by atoms with Crippen molar-refractivity contribution in [3.8, 4) is 0 Å². The van der Waals surface area contributed by atoms with E-state index in [-0.39, 0.29) is 54.0 Å². The average molecular weight is 653 g/mol. The van der Waals surface area contributed by atoms with Crippen LogP contribution in [-0.4, -0.2) is 60.7 Å². The zero-order valence-corrected chi connectivity index (χ0v) is 27.3. The predicted molar refractivity (Wildman–Crippen MR) is 181 cm³/mol. The number of alkyl carbamates (subject to hydrolysis) is 1. The predicted octanol–water partition coefficient (Wildman–Crippen LogP) is 4.02. The van der Waals surface area contributed by atoms with Crippen molar-refractivity contribution in [2.24, 2.45) is 5.92 Å². The summed E-state index contributed by atoms with van der Waals surface area (Å²) in [6.07, 6.45) is 4.76. The number of hydrogen-bond donors (Lipinski definition) is 6. The van der Waals surface area contributed by atoms with Gasteiger partial charge in [-0.1, -0.05) is 74.2 Å². The summed E-state index contributed by atoms with van der Waals surface area (Å²) >= 11 is 5.92. The van der Waals surface area contributed by atoms with Gasteiger partial charge < -0.3 is 37.5 Å². The molecule has 0 saturated heterocycles. The molecular formula is C33H45ClN8O4. The first-order valence-corrected chi connectivity index (χ1v) is 15.9. The van der Waals surface area contributed by atoms with Gasteiger partial charge >= 0.3 is 6.09 Å². The topological polar surface area (TPSA) is 186 Å². The fraction of sp³-hybridized carbons (Fsp3) is 0.424. The number of nitrogens with zero attached hydrogens (tertiary/aromatic N) is 2. The highest BCUT2D eigenvalue weighted by Crippen LogP contribution is 2.18. The van der Waals surface area contributed by atoms with Gasteiger partial charge in [0.15, 0.2) is 22.5 Å². The number of nitrogens with two attached hydrogens (primary N) is 2. The molecule has 3 amide bonds. The van der Waals surface area contributed by atoms with Gasteiger partial charge in [0.25, 0.3) is 11.8 Å². The Kier molecular flexibility index (Phi) is 15.0. The van der Waals surface area contributed by atoms with Crippen LogP contribution in [0.4, 0.5) is 16.4 Å². The van der Waals surface area contributed by atoms with Gasteiger partial charge in [-0.3, -0.25) is 9.59 Å². The number of benzene rings is 2. The summed E-state index contributed by atoms with van der Waals surface area (Å²) in [6.45, 7) is 6.84. The summed E-state index contributed by atoms with van der Waals surface area (Å²) in [7, 11) is 0. The molecule has 3 aromatic rings. The second-order valence-electron chi connectivity index (χ2n) is 11.1. The summed E-state index contributed by atoms with van der Waals surface area (Å²) in [5, 5.41) is 11.6. The number of rotatable bonds is 18. The lowest BCUT2D eigenvalue weighted by Crippen LogP contribution is -2.35. The summed E-state index contributed by atoms with van der Waals surface area (Å²) in [5.41, 5.74) is 14.8. The van der Waals surface area contributed by atoms with Crippen molar-refractivity contribution in [2.75, 3.05) is 44.3 Å². The van der Waals surface area contributed by atoms with E-state index < -0.39 is 12.0 Å². The Morgan fingerprint density at radius 1 is 0.870 bits per heavy atom. The van der Waals surface area contributed by atoms with Crippen LogP contribution in [0.15, 0.2) is 48.5 Å². The second-order valence-corrected chi connectivity index (χ2v) is 11.4. The van der Waals surface area contributed by atoms with E-state index in [2.05, 4.69) is 38.2 Å². The van der Waals surface area contributed by atoms with Crippen molar-refractivity contribution >= 4 is 41.1 Å². The maximum Gasteiger partial charge on any atom is 0.407 e. The molecular weight excluding hydrogens is 608 g/mol. The molecule has 2 aromatic carbocycles. The van der Waals surface area contributed by atoms with E-state index in [1.54, 1.807) is 24.3 Å². The molecule has 0 aliphatic carbocycles. The zero-order chi connectivity index (χ0) is 33.3. The lowest BCUT2D eigenvalue weighted by molar-refractivity contribution is 0.0923. The van der Waals surface area contributed by atoms with Crippen LogP contribution in [0.25, 0.3) is 0 Å². The van der Waals surface area contributed by atoms with E-state index in [1.165, 1.54) is 19.3 Å². The minimum absolute atomic E-state index is 0.0385. The van der Waals surface area contributed by atoms with Gasteiger partial charge in [0.1, 0.15) is 0 Å². The molecule has 1 unspecified atom stereocenters. The number of nitrogens with one attached hydrogen (secondary N) is 4. The SMILES string of the molecule is CCCCCCNCCNC(=O)c1ccc(CNC(=O)OCC(CNC(=O)c2nc(Cl)c(N)nc2N)Cc2ccccc2C)cc1. The van der Waals surface area contributed by atoms with Gasteiger partial charge in [0, 0.05) is 37.7 Å². The molecule has 13 heteroatoms. The number of nitrogen functional groups attached to an aromatic ring is 2. The smallest absolute Gasteiger partial charge is 0.407 e. The van der Waals surface area contributed by atoms with Crippen LogP contribution in [0.1, 0.15) is 70.1 Å². The Hall–Kier alpha value is -4.42. The van der Waals surface area contributed by atoms with E-state index in [9.17, 15) is 14.4 Å². The number of hydrogen-bond acceptors (Lipinski definition) is 9. The largest absolute Gasteiger partial charge is 0.449 e. The lowest BCUT2D eigenvalue weighted by Gasteiger charge is -2.19. The number of aryl methyl sites for hydroxylation is 1. The van der Waals surface area contributed by atoms with Crippen LogP contribution < -0.4 is 32.7 Å². The number of aromatic nitrogens is 2. The van der Waals surface area contributed by atoms with Gasteiger partial charge in [0.2, 0.25) is 0 Å². The van der Waals surface area contributed by atoms with Crippen LogP contribution >= 0.6 is 11.6 Å². The molecule has 0 fully saturated rings. The van der Waals surface area contributed by atoms with Gasteiger partial charge in [0.05, 0.1) is 6.61 Å². The Morgan fingerprint density at radius 3 is 2.37 bits per heavy atom. The Labute approximate surface area is 275 Å². The maximum absolute atomic E-state index is 12.8. The van der Waals surface area contributed by atoms with Crippen LogP contribution in [0.3, 0.4) is 0 Å². The van der Waals surface area contributed by atoms with Crippen molar-refractivity contribution in [3.63, 3.8) is 0 Å². The molecule has 1 aromatic heterocycles. The molecule has 12 nitrogen and oxygen atoms in total. The van der Waals surface area contributed by atoms with Gasteiger partial charge in [-0.05, 0) is 55.1 Å². The second kappa shape index (κ2) is 19.2. The number of anilines is 2. The van der Waals surface area contributed by atoms with E-state index in [0.717, 1.165) is 36.2 Å². The molecule has 8 N–H and O–H groups in total. The number of ether oxygens (including phenoxy) is 1. The minimum Gasteiger partial charge on any atom is -0.449 e. The summed E-state index contributed by atoms with van der Waals surface area (Å²) in [4.78, 5) is 45.6. The van der Waals surface area contributed by atoms with E-state index >= 15 is 0 Å². The normalized spacial score (nSPS) is 11.5. The monoisotopic (exact) mass is 652 g/mol. The number of unbranched alkanes of at least 4 members (excludes halogenated alkanes) is 3. The Balaban J connectivity index is 1.46. The van der Waals surface area contributed by atoms with Crippen LogP contribution in [0.5, 0.6) is 0 Å². The van der Waals surface area contributed by atoms with Gasteiger partial charge in [-0.2, -0.15) is 0 Å². The van der Waals surface area contributed by atoms with E-state index in [1.807, 2.05) is 31.2 Å². The molecule has 46 heavy (non-hydrogen) atoms. The first-order valence-electron chi connectivity index (χ1n) is 15.6. The molecule has 0 saturated carbocycles. The third-order valence-corrected chi connectivity index (χ3v) is 7.62. The highest BCUT2D eigenvalue weighted by atomic mass is 35.5. The summed E-state index contributed by atoms with van der Waals surface area (Å²) < 4.78 is 5.53. The molecule has 0 spiro atoms. The Bertz CT molecular complexity index is 1440. The fourth-order valence-electron chi connectivity index (χ4n) is 4.63. The van der Waals surface area contributed by atoms with Crippen LogP contribution in [0.2, 0.25) is 5.15 Å². The molecule has 0 bridgehead atoms. The minimum atomic E-state index is -0.606. The molecule has 248 valence electrons. The number of halogens is 1. The van der Waals surface area contributed by atoms with Crippen molar-refractivity contribution in [2.45, 2.75) is 52.5 Å². The quantitative estimate of drug-likeness (QED) is 0.110. The van der Waals surface area contributed by atoms with Crippen molar-refractivity contribution in [1.82, 2.24) is 31.2 Å². The number of carbonyl (C=O) groups excluding carboxylic acids is 3. The molecule has 1 heterocycles. The maximum atomic E-state index is 12.8. The first-order chi connectivity index (χ1) is 22.2. The van der Waals surface area contributed by atoms with Crippen molar-refractivity contribution in [1.29, 1.82) is 0 Å². The lowest BCUT2D eigenvalue weighted by atomic mass is 9.96. The first kappa shape index (κ1) is 36.1. The Morgan fingerprint density at radius 2 is 1.63 bits per heavy atom. The average Bonchev–Trinajstić information content (AvgIpc) is 3.05. The van der Waals surface area contributed by atoms with E-state index in [0.29, 0.717) is 18.5 Å². The molecule has 0 aliphatic rings. The van der Waals surface area contributed by atoms with Crippen molar-refractivity contribution in [3.05, 3.63) is 81.6 Å². The molecule has 0 aliphatic heterocycles. The van der Waals surface area contributed by atoms with Gasteiger partial charge in [-0.15, -0.1) is 0 Å². The zero-order valence-electron chi connectivity index (χ0n) is 26.5. The van der Waals surface area contributed by atoms with Crippen LogP contribution in [0, 0.1) is 12.8 Å². The van der Waals surface area contributed by atoms with Crippen LogP contribution in [-0.2, 0) is 17.7 Å². The standard InChI is InChI=1S/C33H45ClN8O4/c1-3-4-5-8-15-37-16-17-38-31(43)25-13-11-23(12-14-25)19-40-33(45)46-21-24(18-26-10-7-6-9-22(26)2)20-39-32(44)27-29(35)42-30(36)28(34)41-27/h6-7,9-14,24,37H,3-5,8,15-21H2,1-2H3,(H,38,43)(H,39,44)(H,40,45)(H4,35,36,42). The summed E-state index contributed by atoms with van der Waals surface area (Å²) in [5.74, 6) is -1.19. The number of carbonyl (C=O) groups is 3. The highest BCUT2D eigenvalue weighted by molar-refractivity contribution is 6.31. The fourth-order valence-corrected chi connectivity index (χ4v) is 4.76. The third kappa shape index (κ3) is 12.2.